The summed E-state index contributed by atoms with van der Waals surface area (Å²) in [6.45, 7) is 1.76. The van der Waals surface area contributed by atoms with Gasteiger partial charge in [0.05, 0.1) is 11.1 Å². The molecule has 5 nitrogen and oxygen atoms in total. The van der Waals surface area contributed by atoms with Crippen LogP contribution in [-0.4, -0.2) is 23.5 Å². The van der Waals surface area contributed by atoms with E-state index in [4.69, 9.17) is 10.5 Å². The standard InChI is InChI=1S/C17H18N2O3/c1-10-6-7-14-12(8-10)16(17(21)22-9-15(18)20)11-4-2-3-5-13(11)19-14/h2-5,10H,6-9H2,1H3,(H2,18,20)/t10-/m1/s1. The van der Waals surface area contributed by atoms with E-state index in [1.54, 1.807) is 0 Å². The molecule has 1 amide bonds. The summed E-state index contributed by atoms with van der Waals surface area (Å²) < 4.78 is 5.06. The minimum Gasteiger partial charge on any atom is -0.452 e. The van der Waals surface area contributed by atoms with Crippen LogP contribution in [-0.2, 0) is 22.4 Å². The maximum absolute atomic E-state index is 12.5. The van der Waals surface area contributed by atoms with Crippen LogP contribution in [0.1, 0.15) is 35.0 Å². The highest BCUT2D eigenvalue weighted by Gasteiger charge is 2.26. The molecule has 1 aromatic heterocycles. The van der Waals surface area contributed by atoms with E-state index in [0.29, 0.717) is 11.5 Å². The van der Waals surface area contributed by atoms with Crippen molar-refractivity contribution in [3.05, 3.63) is 41.1 Å². The summed E-state index contributed by atoms with van der Waals surface area (Å²) in [7, 11) is 0. The number of aromatic nitrogens is 1. The number of esters is 1. The number of nitrogens with two attached hydrogens (primary N) is 1. The fourth-order valence-electron chi connectivity index (χ4n) is 3.00. The van der Waals surface area contributed by atoms with Crippen molar-refractivity contribution in [2.45, 2.75) is 26.2 Å². The summed E-state index contributed by atoms with van der Waals surface area (Å²) in [6.07, 6.45) is 2.72. The number of benzene rings is 1. The summed E-state index contributed by atoms with van der Waals surface area (Å²) in [5.74, 6) is -0.658. The minimum absolute atomic E-state index is 0.403. The van der Waals surface area contributed by atoms with Gasteiger partial charge in [-0.3, -0.25) is 9.78 Å². The molecule has 1 aliphatic carbocycles. The number of hydrogen-bond donors (Lipinski definition) is 1. The SMILES string of the molecule is C[C@@H]1CCc2nc3ccccc3c(C(=O)OCC(N)=O)c2C1. The first-order valence-electron chi connectivity index (χ1n) is 7.42. The Labute approximate surface area is 128 Å². The topological polar surface area (TPSA) is 82.3 Å². The highest BCUT2D eigenvalue weighted by atomic mass is 16.5. The maximum atomic E-state index is 12.5. The second-order valence-corrected chi connectivity index (χ2v) is 5.82. The normalized spacial score (nSPS) is 17.0. The fourth-order valence-corrected chi connectivity index (χ4v) is 3.00. The lowest BCUT2D eigenvalue weighted by Crippen LogP contribution is -2.23. The number of amides is 1. The van der Waals surface area contributed by atoms with E-state index in [0.717, 1.165) is 41.4 Å². The minimum atomic E-state index is -0.658. The van der Waals surface area contributed by atoms with Crippen LogP contribution in [0.15, 0.2) is 24.3 Å². The molecule has 2 N–H and O–H groups in total. The van der Waals surface area contributed by atoms with E-state index in [-0.39, 0.29) is 0 Å². The highest BCUT2D eigenvalue weighted by Crippen LogP contribution is 2.31. The van der Waals surface area contributed by atoms with E-state index < -0.39 is 18.5 Å². The number of para-hydroxylation sites is 1. The molecule has 0 saturated carbocycles. The van der Waals surface area contributed by atoms with Crippen LogP contribution < -0.4 is 5.73 Å². The van der Waals surface area contributed by atoms with Crippen LogP contribution in [0.25, 0.3) is 10.9 Å². The van der Waals surface area contributed by atoms with Crippen LogP contribution >= 0.6 is 0 Å². The molecule has 1 atom stereocenters. The molecule has 0 fully saturated rings. The number of primary amides is 1. The van der Waals surface area contributed by atoms with Gasteiger partial charge < -0.3 is 10.5 Å². The first kappa shape index (κ1) is 14.5. The van der Waals surface area contributed by atoms with Crippen LogP contribution in [0.5, 0.6) is 0 Å². The quantitative estimate of drug-likeness (QED) is 0.879. The molecular formula is C17H18N2O3. The largest absolute Gasteiger partial charge is 0.452 e. The van der Waals surface area contributed by atoms with E-state index in [1.165, 1.54) is 0 Å². The third kappa shape index (κ3) is 2.66. The van der Waals surface area contributed by atoms with Gasteiger partial charge in [-0.2, -0.15) is 0 Å². The molecule has 1 heterocycles. The lowest BCUT2D eigenvalue weighted by molar-refractivity contribution is -0.121. The van der Waals surface area contributed by atoms with Gasteiger partial charge in [-0.1, -0.05) is 25.1 Å². The molecule has 0 bridgehead atoms. The summed E-state index contributed by atoms with van der Waals surface area (Å²) in [4.78, 5) is 28.0. The van der Waals surface area contributed by atoms with Crippen LogP contribution in [0, 0.1) is 5.92 Å². The molecule has 0 saturated heterocycles. The van der Waals surface area contributed by atoms with E-state index >= 15 is 0 Å². The smallest absolute Gasteiger partial charge is 0.339 e. The van der Waals surface area contributed by atoms with Gasteiger partial charge in [0, 0.05) is 11.1 Å². The second-order valence-electron chi connectivity index (χ2n) is 5.82. The van der Waals surface area contributed by atoms with Crippen LogP contribution in [0.3, 0.4) is 0 Å². The Balaban J connectivity index is 2.14. The number of rotatable bonds is 3. The van der Waals surface area contributed by atoms with Gasteiger partial charge in [0.1, 0.15) is 0 Å². The van der Waals surface area contributed by atoms with Crippen LogP contribution in [0.4, 0.5) is 0 Å². The van der Waals surface area contributed by atoms with Gasteiger partial charge >= 0.3 is 5.97 Å². The molecule has 1 aliphatic rings. The molecule has 1 aromatic carbocycles. The molecule has 22 heavy (non-hydrogen) atoms. The number of pyridine rings is 1. The Morgan fingerprint density at radius 1 is 1.36 bits per heavy atom. The zero-order valence-electron chi connectivity index (χ0n) is 12.5. The van der Waals surface area contributed by atoms with Crippen molar-refractivity contribution in [1.82, 2.24) is 4.98 Å². The highest BCUT2D eigenvalue weighted by molar-refractivity contribution is 6.05. The number of aryl methyl sites for hydroxylation is 1. The van der Waals surface area contributed by atoms with Crippen molar-refractivity contribution in [2.24, 2.45) is 11.7 Å². The van der Waals surface area contributed by atoms with Crippen molar-refractivity contribution < 1.29 is 14.3 Å². The van der Waals surface area contributed by atoms with Crippen molar-refractivity contribution in [3.8, 4) is 0 Å². The summed E-state index contributed by atoms with van der Waals surface area (Å²) in [5, 5.41) is 0.768. The maximum Gasteiger partial charge on any atom is 0.339 e. The number of ether oxygens (including phenoxy) is 1. The number of fused-ring (bicyclic) bond motifs is 2. The number of nitrogens with zero attached hydrogens (tertiary/aromatic N) is 1. The third-order valence-electron chi connectivity index (χ3n) is 4.06. The molecule has 0 radical (unpaired) electrons. The van der Waals surface area contributed by atoms with Gasteiger partial charge in [0.15, 0.2) is 6.61 Å². The average Bonchev–Trinajstić information content (AvgIpc) is 2.50. The molecular weight excluding hydrogens is 280 g/mol. The average molecular weight is 298 g/mol. The van der Waals surface area contributed by atoms with Gasteiger partial charge in [0.25, 0.3) is 5.91 Å². The van der Waals surface area contributed by atoms with E-state index in [9.17, 15) is 9.59 Å². The van der Waals surface area contributed by atoms with Gasteiger partial charge in [-0.25, -0.2) is 4.79 Å². The van der Waals surface area contributed by atoms with Crippen molar-refractivity contribution in [2.75, 3.05) is 6.61 Å². The van der Waals surface area contributed by atoms with E-state index in [2.05, 4.69) is 11.9 Å². The molecule has 114 valence electrons. The van der Waals surface area contributed by atoms with E-state index in [1.807, 2.05) is 24.3 Å². The monoisotopic (exact) mass is 298 g/mol. The third-order valence-corrected chi connectivity index (χ3v) is 4.06. The molecule has 5 heteroatoms. The summed E-state index contributed by atoms with van der Waals surface area (Å²) >= 11 is 0. The first-order chi connectivity index (χ1) is 10.6. The predicted octanol–water partition coefficient (Wildman–Crippen LogP) is 2.00. The number of hydrogen-bond acceptors (Lipinski definition) is 4. The zero-order valence-corrected chi connectivity index (χ0v) is 12.5. The van der Waals surface area contributed by atoms with Gasteiger partial charge in [0.2, 0.25) is 0 Å². The zero-order chi connectivity index (χ0) is 15.7. The summed E-state index contributed by atoms with van der Waals surface area (Å²) in [6, 6.07) is 7.51. The molecule has 0 spiro atoms. The number of carbonyl (C=O) groups excluding carboxylic acids is 2. The molecule has 2 aromatic rings. The predicted molar refractivity (Wildman–Crippen MR) is 82.4 cm³/mol. The fraction of sp³-hybridized carbons (Fsp3) is 0.353. The Kier molecular flexibility index (Phi) is 3.79. The number of carbonyl (C=O) groups is 2. The first-order valence-corrected chi connectivity index (χ1v) is 7.42. The Morgan fingerprint density at radius 2 is 2.14 bits per heavy atom. The molecule has 0 aliphatic heterocycles. The van der Waals surface area contributed by atoms with Crippen molar-refractivity contribution >= 4 is 22.8 Å². The van der Waals surface area contributed by atoms with Gasteiger partial charge in [-0.05, 0) is 36.8 Å². The van der Waals surface area contributed by atoms with Crippen molar-refractivity contribution in [1.29, 1.82) is 0 Å². The van der Waals surface area contributed by atoms with Crippen molar-refractivity contribution in [3.63, 3.8) is 0 Å². The molecule has 3 rings (SSSR count). The Bertz CT molecular complexity index is 755. The van der Waals surface area contributed by atoms with Gasteiger partial charge in [-0.15, -0.1) is 0 Å². The van der Waals surface area contributed by atoms with Crippen LogP contribution in [0.2, 0.25) is 0 Å². The lowest BCUT2D eigenvalue weighted by atomic mass is 9.84. The second kappa shape index (κ2) is 5.75. The summed E-state index contributed by atoms with van der Waals surface area (Å²) in [5.41, 5.74) is 8.29. The Morgan fingerprint density at radius 3 is 2.91 bits per heavy atom. The lowest BCUT2D eigenvalue weighted by Gasteiger charge is -2.24. The Hall–Kier alpha value is -2.43. The molecule has 0 unspecified atom stereocenters.